The number of anilines is 2. The van der Waals surface area contributed by atoms with Crippen molar-refractivity contribution in [2.45, 2.75) is 101 Å². The molecule has 0 aromatic heterocycles. The van der Waals surface area contributed by atoms with Crippen LogP contribution in [0.4, 0.5) is 21.0 Å². The normalized spacial score (nSPS) is 17.5. The summed E-state index contributed by atoms with van der Waals surface area (Å²) in [6.45, 7) is 16.3. The van der Waals surface area contributed by atoms with Gasteiger partial charge in [0.1, 0.15) is 32.3 Å². The van der Waals surface area contributed by atoms with Crippen LogP contribution in [0.5, 0.6) is 23.0 Å². The second-order valence-corrected chi connectivity index (χ2v) is 24.9. The zero-order valence-electron chi connectivity index (χ0n) is 48.9. The van der Waals surface area contributed by atoms with E-state index in [1.807, 2.05) is 38.1 Å². The molecule has 3 saturated heterocycles. The highest BCUT2D eigenvalue weighted by molar-refractivity contribution is 8.77. The van der Waals surface area contributed by atoms with Gasteiger partial charge in [0.2, 0.25) is 0 Å². The van der Waals surface area contributed by atoms with Gasteiger partial charge >= 0.3 is 12.2 Å². The van der Waals surface area contributed by atoms with Gasteiger partial charge in [0.15, 0.2) is 23.0 Å². The van der Waals surface area contributed by atoms with E-state index in [2.05, 4.69) is 54.8 Å². The van der Waals surface area contributed by atoms with E-state index < -0.39 is 35.1 Å². The molecule has 4 aromatic rings. The second-order valence-electron chi connectivity index (χ2n) is 21.8. The molecule has 8 rings (SSSR count). The Morgan fingerprint density at radius 2 is 1.48 bits per heavy atom. The molecule has 0 saturated carbocycles. The molecular formula is C63H78N6O13S2. The topological polar surface area (TPSA) is 219 Å². The smallest absolute Gasteiger partial charge is 0.411 e. The number of ketones is 1. The van der Waals surface area contributed by atoms with Crippen molar-refractivity contribution < 1.29 is 62.0 Å². The van der Waals surface area contributed by atoms with Crippen LogP contribution in [0.2, 0.25) is 0 Å². The summed E-state index contributed by atoms with van der Waals surface area (Å²) in [4.78, 5) is 77.6. The maximum atomic E-state index is 14.3. The molecule has 21 heteroatoms. The largest absolute Gasteiger partial charge is 0.493 e. The predicted molar refractivity (Wildman–Crippen MR) is 327 cm³/mol. The standard InChI is InChI=1S/C63H78N6O13S2/c1-9-10-18-44(70)23-28-83-84-63(4,5)39-82-61(73)66-53-34-57(55(76-7)32-50(53)59(72)69-36-40(2)29-43(69)35-65-77-8)79-26-17-11-16-25-78-56-33-52(64)49(31-54(56)75-6)58(71)68-37-42(30-41(68)3)60-67(24-27-80-60)62(74)81-38-51-47-21-14-12-19-45(47)46-20-13-15-22-48(46)51/h12-15,19-22,31-35,42-43,51,60H,2-3,9-11,16-18,23-30,36-39,64H2,1,4-8H3,(H,66,73)/b65-35+/t42-,43+,60?/m1/s1. The molecule has 3 heterocycles. The third-order valence-corrected chi connectivity index (χ3v) is 18.3. The number of hydrogen-bond acceptors (Lipinski definition) is 17. The Morgan fingerprint density at radius 3 is 2.14 bits per heavy atom. The Hall–Kier alpha value is -7.36. The summed E-state index contributed by atoms with van der Waals surface area (Å²) in [5.41, 5.74) is 13.3. The fraction of sp³-hybridized carbons (Fsp3) is 0.460. The van der Waals surface area contributed by atoms with Gasteiger partial charge in [0.05, 0.1) is 74.4 Å². The van der Waals surface area contributed by atoms with Crippen molar-refractivity contribution in [2.75, 3.05) is 90.8 Å². The van der Waals surface area contributed by atoms with E-state index in [0.717, 1.165) is 40.7 Å². The number of nitrogens with one attached hydrogen (secondary N) is 1. The van der Waals surface area contributed by atoms with Gasteiger partial charge < -0.3 is 53.5 Å². The average molecular weight is 1190 g/mol. The number of amides is 4. The van der Waals surface area contributed by atoms with Crippen molar-refractivity contribution in [2.24, 2.45) is 11.1 Å². The molecule has 0 bridgehead atoms. The predicted octanol–water partition coefficient (Wildman–Crippen LogP) is 11.8. The zero-order chi connectivity index (χ0) is 59.9. The summed E-state index contributed by atoms with van der Waals surface area (Å²) in [7, 11) is 7.50. The van der Waals surface area contributed by atoms with Crippen molar-refractivity contribution in [1.82, 2.24) is 14.7 Å². The van der Waals surface area contributed by atoms with E-state index in [1.165, 1.54) is 27.4 Å². The minimum atomic E-state index is -0.764. The number of nitrogen functional groups attached to an aromatic ring is 1. The monoisotopic (exact) mass is 1190 g/mol. The van der Waals surface area contributed by atoms with Gasteiger partial charge in [-0.05, 0) is 86.8 Å². The first-order valence-electron chi connectivity index (χ1n) is 28.5. The second kappa shape index (κ2) is 29.4. The van der Waals surface area contributed by atoms with Crippen LogP contribution in [0, 0.1) is 5.92 Å². The third kappa shape index (κ3) is 15.5. The van der Waals surface area contributed by atoms with Crippen molar-refractivity contribution >= 4 is 69.0 Å². The van der Waals surface area contributed by atoms with Crippen LogP contribution in [0.25, 0.3) is 11.1 Å². The lowest BCUT2D eigenvalue weighted by atomic mass is 9.98. The summed E-state index contributed by atoms with van der Waals surface area (Å²) in [6.07, 6.45) is 5.50. The molecule has 4 amide bonds. The van der Waals surface area contributed by atoms with Crippen molar-refractivity contribution in [3.05, 3.63) is 119 Å². The minimum Gasteiger partial charge on any atom is -0.493 e. The minimum absolute atomic E-state index is 0.0583. The summed E-state index contributed by atoms with van der Waals surface area (Å²) in [6, 6.07) is 22.2. The summed E-state index contributed by atoms with van der Waals surface area (Å²) in [5, 5.41) is 6.70. The number of methoxy groups -OCH3 is 2. The number of Topliss-reactive ketones (excluding diaryl/α,β-unsaturated/α-hetero) is 1. The highest BCUT2D eigenvalue weighted by Crippen LogP contribution is 2.45. The number of oxime groups is 1. The first kappa shape index (κ1) is 62.7. The highest BCUT2D eigenvalue weighted by atomic mass is 33.1. The molecule has 19 nitrogen and oxygen atoms in total. The van der Waals surface area contributed by atoms with Gasteiger partial charge in [0, 0.05) is 67.0 Å². The van der Waals surface area contributed by atoms with Gasteiger partial charge in [-0.15, -0.1) is 0 Å². The Morgan fingerprint density at radius 1 is 0.810 bits per heavy atom. The molecule has 0 radical (unpaired) electrons. The van der Waals surface area contributed by atoms with Crippen LogP contribution in [0.1, 0.15) is 116 Å². The summed E-state index contributed by atoms with van der Waals surface area (Å²) in [5.74, 6) is 1.11. The van der Waals surface area contributed by atoms with E-state index in [9.17, 15) is 24.0 Å². The SMILES string of the molecule is C=C1C[C@@H](/C=N/OC)N(C(=O)c2cc(OC)c(OCCCCCOc3cc(N)c(C(=O)N4C[C@H](C5OCCN5C(=O)OCC5c6ccccc6-c6ccccc65)CC4=C)cc3OC)cc2NC(=O)OCC(C)(C)SSCCC(=O)CCCC)C1. The maximum absolute atomic E-state index is 14.3. The fourth-order valence-corrected chi connectivity index (χ4v) is 13.2. The van der Waals surface area contributed by atoms with Gasteiger partial charge in [-0.2, -0.15) is 0 Å². The Balaban J connectivity index is 0.831. The number of ether oxygens (including phenoxy) is 7. The first-order chi connectivity index (χ1) is 40.5. The number of carbonyl (C=O) groups excluding carboxylic acids is 5. The molecule has 3 N–H and O–H groups in total. The van der Waals surface area contributed by atoms with E-state index >= 15 is 0 Å². The Labute approximate surface area is 500 Å². The van der Waals surface area contributed by atoms with E-state index in [1.54, 1.807) is 60.7 Å². The van der Waals surface area contributed by atoms with Crippen LogP contribution < -0.4 is 30.0 Å². The zero-order valence-corrected chi connectivity index (χ0v) is 50.6. The van der Waals surface area contributed by atoms with Crippen molar-refractivity contribution in [1.29, 1.82) is 0 Å². The number of rotatable bonds is 28. The molecular weight excluding hydrogens is 1110 g/mol. The lowest BCUT2D eigenvalue weighted by Crippen LogP contribution is -2.42. The molecule has 3 fully saturated rings. The lowest BCUT2D eigenvalue weighted by molar-refractivity contribution is -0.118. The Kier molecular flexibility index (Phi) is 22.0. The molecule has 3 aliphatic heterocycles. The molecule has 450 valence electrons. The van der Waals surface area contributed by atoms with Crippen LogP contribution in [-0.2, 0) is 23.8 Å². The van der Waals surface area contributed by atoms with Crippen molar-refractivity contribution in [3.8, 4) is 34.1 Å². The van der Waals surface area contributed by atoms with Gasteiger partial charge in [-0.25, -0.2) is 9.59 Å². The average Bonchev–Trinajstić information content (AvgIpc) is 3.39. The van der Waals surface area contributed by atoms with E-state index in [0.29, 0.717) is 93.4 Å². The van der Waals surface area contributed by atoms with Crippen LogP contribution >= 0.6 is 21.6 Å². The van der Waals surface area contributed by atoms with Gasteiger partial charge in [-0.1, -0.05) is 107 Å². The number of carbonyl (C=O) groups is 5. The number of likely N-dealkylation sites (tertiary alicyclic amines) is 2. The molecule has 1 unspecified atom stereocenters. The lowest BCUT2D eigenvalue weighted by Gasteiger charge is -2.28. The van der Waals surface area contributed by atoms with Crippen LogP contribution in [0.3, 0.4) is 0 Å². The quantitative estimate of drug-likeness (QED) is 0.0135. The van der Waals surface area contributed by atoms with Gasteiger partial charge in [-0.3, -0.25) is 24.6 Å². The summed E-state index contributed by atoms with van der Waals surface area (Å²) < 4.78 is 41.2. The van der Waals surface area contributed by atoms with Gasteiger partial charge in [0.25, 0.3) is 11.8 Å². The first-order valence-corrected chi connectivity index (χ1v) is 30.8. The van der Waals surface area contributed by atoms with E-state index in [4.69, 9.17) is 43.7 Å². The number of hydrogen-bond donors (Lipinski definition) is 2. The maximum Gasteiger partial charge on any atom is 0.411 e. The van der Waals surface area contributed by atoms with Crippen LogP contribution in [0.15, 0.2) is 102 Å². The number of unbranched alkanes of at least 4 members (excludes halogenated alkanes) is 3. The fourth-order valence-electron chi connectivity index (χ4n) is 10.8. The number of allylic oxidation sites excluding steroid dienone is 1. The van der Waals surface area contributed by atoms with Crippen LogP contribution in [-0.4, -0.2) is 147 Å². The molecule has 3 atom stereocenters. The molecule has 0 spiro atoms. The third-order valence-electron chi connectivity index (χ3n) is 15.1. The molecule has 1 aliphatic carbocycles. The molecule has 4 aliphatic rings. The Bertz CT molecular complexity index is 3040. The number of benzene rings is 4. The number of nitrogens with two attached hydrogens (primary N) is 1. The number of nitrogens with zero attached hydrogens (tertiary/aromatic N) is 4. The van der Waals surface area contributed by atoms with E-state index in [-0.39, 0.29) is 84.7 Å². The molecule has 84 heavy (non-hydrogen) atoms. The van der Waals surface area contributed by atoms with Crippen molar-refractivity contribution in [3.63, 3.8) is 0 Å². The molecule has 4 aromatic carbocycles. The highest BCUT2D eigenvalue weighted by Gasteiger charge is 2.44. The summed E-state index contributed by atoms with van der Waals surface area (Å²) >= 11 is 0. The number of fused-ring (bicyclic) bond motifs is 3.